The minimum atomic E-state index is 0.102. The highest BCUT2D eigenvalue weighted by Gasteiger charge is 2.42. The second-order valence-corrected chi connectivity index (χ2v) is 7.91. The lowest BCUT2D eigenvalue weighted by molar-refractivity contribution is -0.130. The van der Waals surface area contributed by atoms with Crippen LogP contribution < -0.4 is 5.32 Å². The first-order chi connectivity index (χ1) is 8.96. The molecular weight excluding hydrogens is 256 g/mol. The van der Waals surface area contributed by atoms with Crippen molar-refractivity contribution in [2.45, 2.75) is 52.2 Å². The van der Waals surface area contributed by atoms with Crippen molar-refractivity contribution in [3.63, 3.8) is 0 Å². The van der Waals surface area contributed by atoms with Crippen LogP contribution in [0.5, 0.6) is 0 Å². The van der Waals surface area contributed by atoms with Gasteiger partial charge in [0.05, 0.1) is 6.54 Å². The molecule has 3 nitrogen and oxygen atoms in total. The molecule has 1 aliphatic carbocycles. The van der Waals surface area contributed by atoms with Gasteiger partial charge in [-0.2, -0.15) is 0 Å². The van der Waals surface area contributed by atoms with E-state index in [0.29, 0.717) is 18.0 Å². The molecule has 2 unspecified atom stereocenters. The number of hydrogen-bond donors (Lipinski definition) is 1. The smallest absolute Gasteiger partial charge is 0.238 e. The zero-order valence-electron chi connectivity index (χ0n) is 11.9. The molecule has 104 valence electrons. The van der Waals surface area contributed by atoms with Crippen molar-refractivity contribution in [1.29, 1.82) is 0 Å². The summed E-state index contributed by atoms with van der Waals surface area (Å²) in [6.45, 7) is 7.23. The molecule has 1 N–H and O–H groups in total. The topological polar surface area (TPSA) is 32.3 Å². The van der Waals surface area contributed by atoms with Gasteiger partial charge in [0.2, 0.25) is 5.91 Å². The number of nitrogens with one attached hydrogen (secondary N) is 1. The van der Waals surface area contributed by atoms with Crippen LogP contribution in [0.25, 0.3) is 0 Å². The standard InChI is InChI=1S/C15H22N2OS/c1-10-4-5-12(19-10)14-16-9-13(18)17(14)11-6-7-15(2,3)8-11/h4-5,11,14,16H,6-9H2,1-3H3. The molecule has 4 heteroatoms. The Balaban J connectivity index is 1.83. The van der Waals surface area contributed by atoms with Gasteiger partial charge in [0, 0.05) is 15.8 Å². The van der Waals surface area contributed by atoms with Gasteiger partial charge in [-0.1, -0.05) is 13.8 Å². The molecule has 19 heavy (non-hydrogen) atoms. The molecule has 2 aliphatic rings. The normalized spacial score (nSPS) is 30.3. The maximum Gasteiger partial charge on any atom is 0.238 e. The molecule has 0 aromatic carbocycles. The molecule has 1 aromatic heterocycles. The lowest BCUT2D eigenvalue weighted by atomic mass is 9.91. The van der Waals surface area contributed by atoms with Gasteiger partial charge in [-0.05, 0) is 43.7 Å². The Hall–Kier alpha value is -0.870. The van der Waals surface area contributed by atoms with E-state index in [4.69, 9.17) is 0 Å². The molecule has 1 saturated carbocycles. The minimum Gasteiger partial charge on any atom is -0.318 e. The van der Waals surface area contributed by atoms with E-state index in [1.807, 2.05) is 0 Å². The first kappa shape index (κ1) is 13.1. The van der Waals surface area contributed by atoms with Crippen LogP contribution in [0.3, 0.4) is 0 Å². The fourth-order valence-corrected chi connectivity index (χ4v) is 4.36. The Bertz CT molecular complexity index is 494. The van der Waals surface area contributed by atoms with Gasteiger partial charge in [0.1, 0.15) is 6.17 Å². The zero-order chi connectivity index (χ0) is 13.6. The molecule has 2 atom stereocenters. The van der Waals surface area contributed by atoms with Crippen molar-refractivity contribution in [1.82, 2.24) is 10.2 Å². The number of nitrogens with zero attached hydrogens (tertiary/aromatic N) is 1. The van der Waals surface area contributed by atoms with Crippen molar-refractivity contribution in [2.24, 2.45) is 5.41 Å². The van der Waals surface area contributed by atoms with Crippen molar-refractivity contribution < 1.29 is 4.79 Å². The third kappa shape index (κ3) is 2.43. The molecule has 0 spiro atoms. The van der Waals surface area contributed by atoms with Crippen LogP contribution in [-0.4, -0.2) is 23.4 Å². The number of rotatable bonds is 2. The van der Waals surface area contributed by atoms with E-state index in [1.54, 1.807) is 11.3 Å². The van der Waals surface area contributed by atoms with Gasteiger partial charge in [-0.3, -0.25) is 10.1 Å². The summed E-state index contributed by atoms with van der Waals surface area (Å²) in [5.74, 6) is 0.263. The molecule has 1 amide bonds. The molecule has 0 radical (unpaired) electrons. The predicted molar refractivity (Wildman–Crippen MR) is 78.1 cm³/mol. The summed E-state index contributed by atoms with van der Waals surface area (Å²) in [7, 11) is 0. The van der Waals surface area contributed by atoms with Crippen LogP contribution in [-0.2, 0) is 4.79 Å². The summed E-state index contributed by atoms with van der Waals surface area (Å²) in [6.07, 6.45) is 3.59. The first-order valence-electron chi connectivity index (χ1n) is 7.07. The van der Waals surface area contributed by atoms with Crippen LogP contribution in [0.1, 0.15) is 49.0 Å². The van der Waals surface area contributed by atoms with Crippen molar-refractivity contribution in [3.05, 3.63) is 21.9 Å². The molecular formula is C15H22N2OS. The van der Waals surface area contributed by atoms with E-state index in [2.05, 4.69) is 43.1 Å². The second kappa shape index (κ2) is 4.60. The van der Waals surface area contributed by atoms with Crippen LogP contribution in [0.15, 0.2) is 12.1 Å². The van der Waals surface area contributed by atoms with E-state index < -0.39 is 0 Å². The van der Waals surface area contributed by atoms with Crippen molar-refractivity contribution in [3.8, 4) is 0 Å². The summed E-state index contributed by atoms with van der Waals surface area (Å²) in [5.41, 5.74) is 0.378. The highest BCUT2D eigenvalue weighted by molar-refractivity contribution is 7.12. The maximum atomic E-state index is 12.2. The number of aryl methyl sites for hydroxylation is 1. The molecule has 1 aromatic rings. The lowest BCUT2D eigenvalue weighted by Gasteiger charge is -2.30. The number of hydrogen-bond acceptors (Lipinski definition) is 3. The largest absolute Gasteiger partial charge is 0.318 e. The number of carbonyl (C=O) groups excluding carboxylic acids is 1. The average Bonchev–Trinajstić information content (AvgIpc) is 2.98. The van der Waals surface area contributed by atoms with Crippen LogP contribution in [0.4, 0.5) is 0 Å². The van der Waals surface area contributed by atoms with Gasteiger partial charge in [0.15, 0.2) is 0 Å². The number of thiophene rings is 1. The minimum absolute atomic E-state index is 0.102. The fourth-order valence-electron chi connectivity index (χ4n) is 3.41. The SMILES string of the molecule is Cc1ccc(C2NCC(=O)N2C2CCC(C)(C)C2)s1. The third-order valence-electron chi connectivity index (χ3n) is 4.38. The highest BCUT2D eigenvalue weighted by atomic mass is 32.1. The van der Waals surface area contributed by atoms with E-state index in [9.17, 15) is 4.79 Å². The van der Waals surface area contributed by atoms with Gasteiger partial charge >= 0.3 is 0 Å². The Labute approximate surface area is 119 Å². The Morgan fingerprint density at radius 1 is 1.42 bits per heavy atom. The summed E-state index contributed by atoms with van der Waals surface area (Å²) in [4.78, 5) is 16.9. The quantitative estimate of drug-likeness (QED) is 0.901. The van der Waals surface area contributed by atoms with Gasteiger partial charge in [-0.15, -0.1) is 11.3 Å². The number of carbonyl (C=O) groups is 1. The average molecular weight is 278 g/mol. The van der Waals surface area contributed by atoms with Crippen molar-refractivity contribution in [2.75, 3.05) is 6.54 Å². The summed E-state index contributed by atoms with van der Waals surface area (Å²) >= 11 is 1.79. The van der Waals surface area contributed by atoms with Crippen molar-refractivity contribution >= 4 is 17.2 Å². The molecule has 1 aliphatic heterocycles. The summed E-state index contributed by atoms with van der Waals surface area (Å²) in [5, 5.41) is 3.38. The van der Waals surface area contributed by atoms with E-state index in [1.165, 1.54) is 16.2 Å². The Morgan fingerprint density at radius 3 is 2.79 bits per heavy atom. The molecule has 2 fully saturated rings. The van der Waals surface area contributed by atoms with Gasteiger partial charge in [-0.25, -0.2) is 0 Å². The van der Waals surface area contributed by atoms with Gasteiger partial charge in [0.25, 0.3) is 0 Å². The zero-order valence-corrected chi connectivity index (χ0v) is 12.7. The van der Waals surface area contributed by atoms with Crippen LogP contribution in [0.2, 0.25) is 0 Å². The van der Waals surface area contributed by atoms with Crippen LogP contribution >= 0.6 is 11.3 Å². The molecule has 1 saturated heterocycles. The molecule has 2 heterocycles. The maximum absolute atomic E-state index is 12.2. The monoisotopic (exact) mass is 278 g/mol. The number of amides is 1. The highest BCUT2D eigenvalue weighted by Crippen LogP contribution is 2.42. The molecule has 3 rings (SSSR count). The fraction of sp³-hybridized carbons (Fsp3) is 0.667. The molecule has 0 bridgehead atoms. The second-order valence-electron chi connectivity index (χ2n) is 6.59. The van der Waals surface area contributed by atoms with Crippen LogP contribution in [0, 0.1) is 12.3 Å². The first-order valence-corrected chi connectivity index (χ1v) is 7.89. The Morgan fingerprint density at radius 2 is 2.21 bits per heavy atom. The van der Waals surface area contributed by atoms with E-state index >= 15 is 0 Å². The summed E-state index contributed by atoms with van der Waals surface area (Å²) < 4.78 is 0. The summed E-state index contributed by atoms with van der Waals surface area (Å²) in [6, 6.07) is 4.70. The Kier molecular flexibility index (Phi) is 3.18. The third-order valence-corrected chi connectivity index (χ3v) is 5.43. The van der Waals surface area contributed by atoms with E-state index in [0.717, 1.165) is 12.8 Å². The predicted octanol–water partition coefficient (Wildman–Crippen LogP) is 3.07. The lowest BCUT2D eigenvalue weighted by Crippen LogP contribution is -2.38. The van der Waals surface area contributed by atoms with E-state index in [-0.39, 0.29) is 12.1 Å². The van der Waals surface area contributed by atoms with Gasteiger partial charge < -0.3 is 4.90 Å².